The number of hydrogen-bond acceptors (Lipinski definition) is 2. The summed E-state index contributed by atoms with van der Waals surface area (Å²) in [7, 11) is 0. The molecule has 0 aromatic heterocycles. The number of nitrogens with zero attached hydrogens (tertiary/aromatic N) is 1. The van der Waals surface area contributed by atoms with E-state index in [0.29, 0.717) is 0 Å². The van der Waals surface area contributed by atoms with Gasteiger partial charge in [-0.3, -0.25) is 4.90 Å². The topological polar surface area (TPSA) is 15.3 Å². The van der Waals surface area contributed by atoms with Gasteiger partial charge in [0.2, 0.25) is 0 Å². The van der Waals surface area contributed by atoms with E-state index in [-0.39, 0.29) is 0 Å². The molecule has 2 heteroatoms. The molecule has 1 saturated heterocycles. The Morgan fingerprint density at radius 3 is 2.85 bits per heavy atom. The van der Waals surface area contributed by atoms with Crippen molar-refractivity contribution < 1.29 is 0 Å². The van der Waals surface area contributed by atoms with Gasteiger partial charge in [-0.1, -0.05) is 13.8 Å². The minimum absolute atomic E-state index is 0.924. The van der Waals surface area contributed by atoms with Gasteiger partial charge in [0.25, 0.3) is 0 Å². The van der Waals surface area contributed by atoms with Crippen molar-refractivity contribution in [3.8, 4) is 0 Å². The lowest BCUT2D eigenvalue weighted by molar-refractivity contribution is 0.300. The quantitative estimate of drug-likeness (QED) is 0.705. The smallest absolute Gasteiger partial charge is 0.0125 e. The highest BCUT2D eigenvalue weighted by Crippen LogP contribution is 2.37. The minimum Gasteiger partial charge on any atom is -0.317 e. The molecular weight excluding hydrogens is 160 g/mol. The maximum atomic E-state index is 3.45. The third kappa shape index (κ3) is 2.23. The molecule has 3 unspecified atom stereocenters. The Balaban J connectivity index is 1.68. The van der Waals surface area contributed by atoms with Crippen LogP contribution >= 0.6 is 0 Å². The van der Waals surface area contributed by atoms with Crippen molar-refractivity contribution in [2.75, 3.05) is 26.2 Å². The number of nitrogens with one attached hydrogen (secondary N) is 1. The van der Waals surface area contributed by atoms with Crippen LogP contribution in [0.15, 0.2) is 0 Å². The van der Waals surface area contributed by atoms with Crippen LogP contribution in [-0.4, -0.2) is 37.1 Å². The maximum absolute atomic E-state index is 3.45. The average Bonchev–Trinajstić information content (AvgIpc) is 2.67. The Labute approximate surface area is 81.7 Å². The maximum Gasteiger partial charge on any atom is 0.0125 e. The molecule has 0 aromatic carbocycles. The first-order valence-electron chi connectivity index (χ1n) is 5.76. The molecule has 0 bridgehead atoms. The molecule has 0 radical (unpaired) electrons. The van der Waals surface area contributed by atoms with Gasteiger partial charge in [0.1, 0.15) is 0 Å². The molecule has 2 rings (SSSR count). The third-order valence-corrected chi connectivity index (χ3v) is 3.54. The summed E-state index contributed by atoms with van der Waals surface area (Å²) in [6, 6.07) is 0.951. The molecule has 1 aliphatic heterocycles. The summed E-state index contributed by atoms with van der Waals surface area (Å²) in [6.45, 7) is 9.62. The lowest BCUT2D eigenvalue weighted by Crippen LogP contribution is -2.28. The van der Waals surface area contributed by atoms with Gasteiger partial charge < -0.3 is 5.32 Å². The molecule has 3 atom stereocenters. The predicted molar refractivity (Wildman–Crippen MR) is 55.8 cm³/mol. The van der Waals surface area contributed by atoms with Crippen molar-refractivity contribution in [3.05, 3.63) is 0 Å². The van der Waals surface area contributed by atoms with E-state index in [0.717, 1.165) is 24.4 Å². The molecule has 1 heterocycles. The number of rotatable bonds is 4. The van der Waals surface area contributed by atoms with E-state index in [1.165, 1.54) is 32.5 Å². The Bertz CT molecular complexity index is 169. The summed E-state index contributed by atoms with van der Waals surface area (Å²) in [4.78, 5) is 2.70. The van der Waals surface area contributed by atoms with E-state index in [1.807, 2.05) is 0 Å². The molecule has 76 valence electrons. The van der Waals surface area contributed by atoms with Crippen molar-refractivity contribution in [2.45, 2.75) is 32.7 Å². The summed E-state index contributed by atoms with van der Waals surface area (Å²) >= 11 is 0. The monoisotopic (exact) mass is 182 g/mol. The minimum atomic E-state index is 0.924. The number of hydrogen-bond donors (Lipinski definition) is 1. The van der Waals surface area contributed by atoms with Gasteiger partial charge in [0, 0.05) is 12.6 Å². The zero-order valence-electron chi connectivity index (χ0n) is 8.92. The summed E-state index contributed by atoms with van der Waals surface area (Å²) in [5.74, 6) is 1.91. The van der Waals surface area contributed by atoms with E-state index in [2.05, 4.69) is 24.1 Å². The first kappa shape index (κ1) is 9.47. The fraction of sp³-hybridized carbons (Fsp3) is 1.00. The second-order valence-corrected chi connectivity index (χ2v) is 4.74. The van der Waals surface area contributed by atoms with E-state index in [9.17, 15) is 0 Å². The molecule has 13 heavy (non-hydrogen) atoms. The van der Waals surface area contributed by atoms with Crippen LogP contribution in [0.4, 0.5) is 0 Å². The fourth-order valence-corrected chi connectivity index (χ4v) is 2.49. The first-order chi connectivity index (χ1) is 6.31. The van der Waals surface area contributed by atoms with Gasteiger partial charge in [-0.15, -0.1) is 0 Å². The third-order valence-electron chi connectivity index (χ3n) is 3.54. The predicted octanol–water partition coefficient (Wildman–Crippen LogP) is 1.33. The van der Waals surface area contributed by atoms with Crippen molar-refractivity contribution in [2.24, 2.45) is 11.8 Å². The molecule has 2 fully saturated rings. The highest BCUT2D eigenvalue weighted by molar-refractivity contribution is 4.95. The second-order valence-electron chi connectivity index (χ2n) is 4.74. The molecule has 1 saturated carbocycles. The second kappa shape index (κ2) is 3.97. The molecule has 0 aromatic rings. The SMILES string of the molecule is CCNCC1CCN(C2CC2C)C1. The molecule has 1 aliphatic carbocycles. The molecule has 2 aliphatic rings. The molecule has 0 spiro atoms. The molecule has 1 N–H and O–H groups in total. The lowest BCUT2D eigenvalue weighted by atomic mass is 10.1. The standard InChI is InChI=1S/C11H22N2/c1-3-12-7-10-4-5-13(8-10)11-6-9(11)2/h9-12H,3-8H2,1-2H3. The largest absolute Gasteiger partial charge is 0.317 e. The summed E-state index contributed by atoms with van der Waals surface area (Å²) in [6.07, 6.45) is 2.87. The van der Waals surface area contributed by atoms with E-state index < -0.39 is 0 Å². The molecular formula is C11H22N2. The van der Waals surface area contributed by atoms with E-state index in [4.69, 9.17) is 0 Å². The normalized spacial score (nSPS) is 39.7. The van der Waals surface area contributed by atoms with Crippen LogP contribution < -0.4 is 5.32 Å². The van der Waals surface area contributed by atoms with E-state index in [1.54, 1.807) is 0 Å². The molecule has 0 amide bonds. The highest BCUT2D eigenvalue weighted by atomic mass is 15.2. The first-order valence-corrected chi connectivity index (χ1v) is 5.76. The summed E-state index contributed by atoms with van der Waals surface area (Å²) < 4.78 is 0. The van der Waals surface area contributed by atoms with Crippen LogP contribution in [0.5, 0.6) is 0 Å². The Morgan fingerprint density at radius 2 is 2.23 bits per heavy atom. The van der Waals surface area contributed by atoms with Gasteiger partial charge in [-0.25, -0.2) is 0 Å². The van der Waals surface area contributed by atoms with Crippen LogP contribution in [0.1, 0.15) is 26.7 Å². The Kier molecular flexibility index (Phi) is 2.89. The summed E-state index contributed by atoms with van der Waals surface area (Å²) in [5.41, 5.74) is 0. The van der Waals surface area contributed by atoms with Crippen molar-refractivity contribution in [3.63, 3.8) is 0 Å². The van der Waals surface area contributed by atoms with Crippen LogP contribution in [0.2, 0.25) is 0 Å². The lowest BCUT2D eigenvalue weighted by Gasteiger charge is -2.15. The van der Waals surface area contributed by atoms with Crippen LogP contribution in [-0.2, 0) is 0 Å². The van der Waals surface area contributed by atoms with Crippen LogP contribution in [0, 0.1) is 11.8 Å². The Hall–Kier alpha value is -0.0800. The van der Waals surface area contributed by atoms with E-state index >= 15 is 0 Å². The summed E-state index contributed by atoms with van der Waals surface area (Å²) in [5, 5.41) is 3.45. The zero-order chi connectivity index (χ0) is 9.26. The van der Waals surface area contributed by atoms with Gasteiger partial charge >= 0.3 is 0 Å². The fourth-order valence-electron chi connectivity index (χ4n) is 2.49. The van der Waals surface area contributed by atoms with Crippen molar-refractivity contribution in [1.29, 1.82) is 0 Å². The highest BCUT2D eigenvalue weighted by Gasteiger charge is 2.40. The van der Waals surface area contributed by atoms with Gasteiger partial charge in [0.05, 0.1) is 0 Å². The molecule has 2 nitrogen and oxygen atoms in total. The van der Waals surface area contributed by atoms with Gasteiger partial charge in [-0.2, -0.15) is 0 Å². The van der Waals surface area contributed by atoms with Crippen LogP contribution in [0.3, 0.4) is 0 Å². The number of likely N-dealkylation sites (tertiary alicyclic amines) is 1. The van der Waals surface area contributed by atoms with Gasteiger partial charge in [-0.05, 0) is 44.3 Å². The van der Waals surface area contributed by atoms with Crippen LogP contribution in [0.25, 0.3) is 0 Å². The Morgan fingerprint density at radius 1 is 1.46 bits per heavy atom. The average molecular weight is 182 g/mol. The van der Waals surface area contributed by atoms with Gasteiger partial charge in [0.15, 0.2) is 0 Å². The van der Waals surface area contributed by atoms with Crippen molar-refractivity contribution in [1.82, 2.24) is 10.2 Å². The zero-order valence-corrected chi connectivity index (χ0v) is 8.92. The van der Waals surface area contributed by atoms with Crippen molar-refractivity contribution >= 4 is 0 Å².